The molecule has 0 rings (SSSR count). The minimum absolute atomic E-state index is 0.215. The van der Waals surface area contributed by atoms with E-state index in [-0.39, 0.29) is 5.54 Å². The van der Waals surface area contributed by atoms with Gasteiger partial charge in [-0.3, -0.25) is 0 Å². The molecule has 0 aliphatic rings. The summed E-state index contributed by atoms with van der Waals surface area (Å²) in [5.74, 6) is 0. The van der Waals surface area contributed by atoms with Crippen molar-refractivity contribution in [2.45, 2.75) is 31.9 Å². The number of hydrogen-bond acceptors (Lipinski definition) is 0. The highest BCUT2D eigenvalue weighted by atomic mass is 35.6. The van der Waals surface area contributed by atoms with E-state index in [4.69, 9.17) is 34.0 Å². The highest BCUT2D eigenvalue weighted by molar-refractivity contribution is 7.33. The van der Waals surface area contributed by atoms with Gasteiger partial charge in [-0.15, -0.1) is 0 Å². The standard InChI is InChI=1S/C5H12BCl3Si/c1-10(2,9)5-3-4-6(7)8/h3-5H2,1-2H3. The molecule has 0 spiro atoms. The summed E-state index contributed by atoms with van der Waals surface area (Å²) >= 11 is 17.2. The lowest BCUT2D eigenvalue weighted by Crippen LogP contribution is -2.15. The van der Waals surface area contributed by atoms with Gasteiger partial charge in [-0.05, 0) is 12.4 Å². The van der Waals surface area contributed by atoms with Crippen LogP contribution in [0.4, 0.5) is 0 Å². The van der Waals surface area contributed by atoms with E-state index in [0.29, 0.717) is 0 Å². The van der Waals surface area contributed by atoms with Crippen LogP contribution in [0.5, 0.6) is 0 Å². The predicted molar refractivity (Wildman–Crippen MR) is 55.0 cm³/mol. The van der Waals surface area contributed by atoms with E-state index in [1.54, 1.807) is 0 Å². The van der Waals surface area contributed by atoms with Gasteiger partial charge < -0.3 is 0 Å². The lowest BCUT2D eigenvalue weighted by Gasteiger charge is -2.11. The van der Waals surface area contributed by atoms with Gasteiger partial charge in [-0.2, -0.15) is 34.0 Å². The van der Waals surface area contributed by atoms with Gasteiger partial charge in [0.15, 0.2) is 0 Å². The maximum Gasteiger partial charge on any atom is 0.351 e. The van der Waals surface area contributed by atoms with Crippen molar-refractivity contribution in [3.63, 3.8) is 0 Å². The summed E-state index contributed by atoms with van der Waals surface area (Å²) < 4.78 is 0. The van der Waals surface area contributed by atoms with Crippen LogP contribution in [0.25, 0.3) is 0 Å². The highest BCUT2D eigenvalue weighted by Gasteiger charge is 2.17. The fraction of sp³-hybridized carbons (Fsp3) is 1.00. The van der Waals surface area contributed by atoms with E-state index in [2.05, 4.69) is 13.1 Å². The summed E-state index contributed by atoms with van der Waals surface area (Å²) in [5.41, 5.74) is -0.215. The molecule has 0 saturated carbocycles. The molecule has 0 aromatic carbocycles. The Balaban J connectivity index is 3.21. The minimum atomic E-state index is -1.37. The van der Waals surface area contributed by atoms with Crippen LogP contribution in [-0.2, 0) is 0 Å². The third kappa shape index (κ3) is 9.15. The second-order valence-corrected chi connectivity index (χ2v) is 11.3. The summed E-state index contributed by atoms with van der Waals surface area (Å²) in [4.78, 5) is 0. The molecule has 0 heterocycles. The molecule has 0 fully saturated rings. The van der Waals surface area contributed by atoms with Crippen LogP contribution < -0.4 is 0 Å². The molecule has 0 unspecified atom stereocenters. The molecule has 0 N–H and O–H groups in total. The zero-order chi connectivity index (χ0) is 8.20. The summed E-state index contributed by atoms with van der Waals surface area (Å²) in [6.07, 6.45) is 1.92. The number of halogens is 3. The van der Waals surface area contributed by atoms with Crippen LogP contribution in [0.3, 0.4) is 0 Å². The van der Waals surface area contributed by atoms with E-state index >= 15 is 0 Å². The molecule has 60 valence electrons. The molecule has 0 aliphatic carbocycles. The first-order valence-electron chi connectivity index (χ1n) is 3.39. The number of hydrogen-bond donors (Lipinski definition) is 0. The zero-order valence-corrected chi connectivity index (χ0v) is 9.60. The quantitative estimate of drug-likeness (QED) is 0.496. The van der Waals surface area contributed by atoms with E-state index in [1.807, 2.05) is 0 Å². The average Bonchev–Trinajstić information content (AvgIpc) is 1.59. The fourth-order valence-corrected chi connectivity index (χ4v) is 2.43. The molecule has 5 heteroatoms. The first kappa shape index (κ1) is 11.2. The van der Waals surface area contributed by atoms with Gasteiger partial charge >= 0.3 is 5.54 Å². The van der Waals surface area contributed by atoms with E-state index < -0.39 is 7.38 Å². The topological polar surface area (TPSA) is 0 Å². The molecule has 0 nitrogen and oxygen atoms in total. The monoisotopic (exact) mass is 216 g/mol. The van der Waals surface area contributed by atoms with Gasteiger partial charge in [0.2, 0.25) is 0 Å². The molecule has 0 atom stereocenters. The van der Waals surface area contributed by atoms with Gasteiger partial charge in [-0.25, -0.2) is 0 Å². The van der Waals surface area contributed by atoms with Crippen LogP contribution in [0.2, 0.25) is 25.5 Å². The first-order chi connectivity index (χ1) is 4.42. The Morgan fingerprint density at radius 3 is 2.10 bits per heavy atom. The Bertz CT molecular complexity index is 91.4. The number of rotatable bonds is 4. The van der Waals surface area contributed by atoms with Crippen molar-refractivity contribution in [2.24, 2.45) is 0 Å². The van der Waals surface area contributed by atoms with E-state index in [0.717, 1.165) is 18.8 Å². The Morgan fingerprint density at radius 2 is 1.80 bits per heavy atom. The third-order valence-electron chi connectivity index (χ3n) is 1.19. The summed E-state index contributed by atoms with van der Waals surface area (Å²) in [6.45, 7) is 4.26. The van der Waals surface area contributed by atoms with Crippen LogP contribution >= 0.6 is 34.0 Å². The van der Waals surface area contributed by atoms with Gasteiger partial charge in [0.05, 0.1) is 0 Å². The lowest BCUT2D eigenvalue weighted by atomic mass is 9.99. The highest BCUT2D eigenvalue weighted by Crippen LogP contribution is 2.19. The molecule has 0 bridgehead atoms. The molecule has 0 saturated heterocycles. The second-order valence-electron chi connectivity index (χ2n) is 3.00. The second kappa shape index (κ2) is 4.92. The Kier molecular flexibility index (Phi) is 5.48. The van der Waals surface area contributed by atoms with Gasteiger partial charge in [-0.1, -0.05) is 19.5 Å². The van der Waals surface area contributed by atoms with Crippen molar-refractivity contribution in [3.8, 4) is 0 Å². The maximum atomic E-state index is 6.07. The van der Waals surface area contributed by atoms with E-state index in [9.17, 15) is 0 Å². The SMILES string of the molecule is C[Si](C)(Cl)CCCB(Cl)Cl. The summed E-state index contributed by atoms with van der Waals surface area (Å²) in [6, 6.07) is 1.10. The first-order valence-corrected chi connectivity index (χ1v) is 8.48. The van der Waals surface area contributed by atoms with Crippen LogP contribution in [0, 0.1) is 0 Å². The minimum Gasteiger partial charge on any atom is -0.172 e. The van der Waals surface area contributed by atoms with Crippen molar-refractivity contribution < 1.29 is 0 Å². The van der Waals surface area contributed by atoms with Gasteiger partial charge in [0.1, 0.15) is 7.38 Å². The predicted octanol–water partition coefficient (Wildman–Crippen LogP) is 3.79. The fourth-order valence-electron chi connectivity index (χ4n) is 0.677. The Labute approximate surface area is 78.8 Å². The summed E-state index contributed by atoms with van der Waals surface area (Å²) in [7, 11) is -1.37. The molecule has 0 aliphatic heterocycles. The van der Waals surface area contributed by atoms with E-state index in [1.165, 1.54) is 0 Å². The zero-order valence-electron chi connectivity index (χ0n) is 6.33. The third-order valence-corrected chi connectivity index (χ3v) is 3.74. The van der Waals surface area contributed by atoms with Crippen molar-refractivity contribution >= 4 is 46.9 Å². The maximum absolute atomic E-state index is 6.07. The van der Waals surface area contributed by atoms with Crippen molar-refractivity contribution in [1.29, 1.82) is 0 Å². The van der Waals surface area contributed by atoms with Crippen LogP contribution in [-0.4, -0.2) is 12.9 Å². The molecule has 0 amide bonds. The van der Waals surface area contributed by atoms with Crippen LogP contribution in [0.15, 0.2) is 0 Å². The van der Waals surface area contributed by atoms with Crippen molar-refractivity contribution in [1.82, 2.24) is 0 Å². The molecule has 10 heavy (non-hydrogen) atoms. The van der Waals surface area contributed by atoms with Crippen LogP contribution in [0.1, 0.15) is 6.42 Å². The summed E-state index contributed by atoms with van der Waals surface area (Å²) in [5, 5.41) is 0. The van der Waals surface area contributed by atoms with Crippen molar-refractivity contribution in [2.75, 3.05) is 0 Å². The van der Waals surface area contributed by atoms with Gasteiger partial charge in [0, 0.05) is 0 Å². The molecular weight excluding hydrogens is 205 g/mol. The molecule has 0 aromatic heterocycles. The van der Waals surface area contributed by atoms with Crippen molar-refractivity contribution in [3.05, 3.63) is 0 Å². The molecule has 0 aromatic rings. The Hall–Kier alpha value is 1.15. The largest absolute Gasteiger partial charge is 0.351 e. The normalized spacial score (nSPS) is 11.7. The average molecular weight is 217 g/mol. The lowest BCUT2D eigenvalue weighted by molar-refractivity contribution is 1.05. The molecular formula is C5H12BCl3Si. The molecule has 0 radical (unpaired) electrons. The smallest absolute Gasteiger partial charge is 0.172 e. The Morgan fingerprint density at radius 1 is 1.30 bits per heavy atom. The van der Waals surface area contributed by atoms with Gasteiger partial charge in [0.25, 0.3) is 0 Å².